The fraction of sp³-hybridized carbons (Fsp3) is 0.304. The van der Waals surface area contributed by atoms with Crippen LogP contribution in [0.3, 0.4) is 0 Å². The largest absolute Gasteiger partial charge is 0.361 e. The second kappa shape index (κ2) is 7.50. The van der Waals surface area contributed by atoms with E-state index in [1.54, 1.807) is 0 Å². The molecule has 1 N–H and O–H groups in total. The van der Waals surface area contributed by atoms with E-state index in [2.05, 4.69) is 11.1 Å². The van der Waals surface area contributed by atoms with Crippen LogP contribution in [0.1, 0.15) is 47.8 Å². The van der Waals surface area contributed by atoms with Gasteiger partial charge in [-0.25, -0.2) is 0 Å². The van der Waals surface area contributed by atoms with E-state index in [4.69, 9.17) is 0 Å². The van der Waals surface area contributed by atoms with Crippen LogP contribution in [0.25, 0.3) is 10.9 Å². The van der Waals surface area contributed by atoms with Crippen molar-refractivity contribution in [2.45, 2.75) is 26.3 Å². The van der Waals surface area contributed by atoms with Crippen molar-refractivity contribution in [2.24, 2.45) is 0 Å². The predicted molar refractivity (Wildman–Crippen MR) is 110 cm³/mol. The number of para-hydroxylation sites is 1. The van der Waals surface area contributed by atoms with E-state index in [0.29, 0.717) is 26.1 Å². The molecule has 3 aromatic rings. The first-order valence-corrected chi connectivity index (χ1v) is 9.89. The fourth-order valence-electron chi connectivity index (χ4n) is 4.21. The molecule has 2 heterocycles. The summed E-state index contributed by atoms with van der Waals surface area (Å²) >= 11 is 0. The molecule has 0 aliphatic carbocycles. The molecule has 1 atom stereocenters. The van der Waals surface area contributed by atoms with Crippen molar-refractivity contribution in [1.82, 2.24) is 14.8 Å². The molecule has 0 radical (unpaired) electrons. The SMILES string of the molecule is CCN(CC)C(=O)CCN1C(=O)c2ccccc2[C@H]1c1c[nH]c2ccccc12. The Morgan fingerprint density at radius 3 is 2.54 bits per heavy atom. The summed E-state index contributed by atoms with van der Waals surface area (Å²) in [5.74, 6) is 0.0876. The van der Waals surface area contributed by atoms with Crippen LogP contribution in [0.4, 0.5) is 0 Å². The molecule has 1 aromatic heterocycles. The molecular weight excluding hydrogens is 350 g/mol. The van der Waals surface area contributed by atoms with Gasteiger partial charge >= 0.3 is 0 Å². The molecule has 144 valence electrons. The van der Waals surface area contributed by atoms with Gasteiger partial charge in [0.05, 0.1) is 6.04 Å². The number of aromatic amines is 1. The molecule has 2 aromatic carbocycles. The molecule has 0 saturated heterocycles. The van der Waals surface area contributed by atoms with Gasteiger partial charge in [0.25, 0.3) is 5.91 Å². The van der Waals surface area contributed by atoms with Crippen LogP contribution in [0.2, 0.25) is 0 Å². The van der Waals surface area contributed by atoms with E-state index >= 15 is 0 Å². The third-order valence-electron chi connectivity index (χ3n) is 5.66. The number of rotatable bonds is 6. The van der Waals surface area contributed by atoms with E-state index in [1.807, 2.05) is 72.3 Å². The topological polar surface area (TPSA) is 56.4 Å². The van der Waals surface area contributed by atoms with Gasteiger partial charge in [0.2, 0.25) is 5.91 Å². The van der Waals surface area contributed by atoms with Crippen molar-refractivity contribution in [3.63, 3.8) is 0 Å². The Bertz CT molecular complexity index is 1020. The zero-order valence-electron chi connectivity index (χ0n) is 16.3. The lowest BCUT2D eigenvalue weighted by atomic mass is 9.97. The van der Waals surface area contributed by atoms with E-state index in [9.17, 15) is 9.59 Å². The van der Waals surface area contributed by atoms with Gasteiger partial charge in [-0.15, -0.1) is 0 Å². The molecule has 0 bridgehead atoms. The highest BCUT2D eigenvalue weighted by molar-refractivity contribution is 6.01. The summed E-state index contributed by atoms with van der Waals surface area (Å²) in [7, 11) is 0. The first-order valence-electron chi connectivity index (χ1n) is 9.89. The average molecular weight is 375 g/mol. The molecule has 0 saturated carbocycles. The average Bonchev–Trinajstić information content (AvgIpc) is 3.26. The Morgan fingerprint density at radius 2 is 1.75 bits per heavy atom. The molecule has 0 fully saturated rings. The minimum Gasteiger partial charge on any atom is -0.361 e. The Balaban J connectivity index is 1.70. The maximum Gasteiger partial charge on any atom is 0.255 e. The number of amides is 2. The number of aromatic nitrogens is 1. The van der Waals surface area contributed by atoms with Crippen LogP contribution in [0.5, 0.6) is 0 Å². The van der Waals surface area contributed by atoms with E-state index < -0.39 is 0 Å². The first kappa shape index (κ1) is 18.3. The quantitative estimate of drug-likeness (QED) is 0.709. The number of carbonyl (C=O) groups excluding carboxylic acids is 2. The van der Waals surface area contributed by atoms with Gasteiger partial charge in [-0.3, -0.25) is 9.59 Å². The molecule has 4 rings (SSSR count). The van der Waals surface area contributed by atoms with E-state index in [-0.39, 0.29) is 17.9 Å². The lowest BCUT2D eigenvalue weighted by Crippen LogP contribution is -2.36. The van der Waals surface area contributed by atoms with Crippen LogP contribution in [0.15, 0.2) is 54.7 Å². The highest BCUT2D eigenvalue weighted by atomic mass is 16.2. The van der Waals surface area contributed by atoms with Gasteiger partial charge in [-0.2, -0.15) is 0 Å². The number of fused-ring (bicyclic) bond motifs is 2. The van der Waals surface area contributed by atoms with Crippen molar-refractivity contribution >= 4 is 22.7 Å². The molecule has 2 amide bonds. The Kier molecular flexibility index (Phi) is 4.90. The Labute approximate surface area is 165 Å². The summed E-state index contributed by atoms with van der Waals surface area (Å²) in [5.41, 5.74) is 3.86. The van der Waals surface area contributed by atoms with Gasteiger partial charge in [0.15, 0.2) is 0 Å². The zero-order valence-corrected chi connectivity index (χ0v) is 16.3. The number of nitrogens with zero attached hydrogens (tertiary/aromatic N) is 2. The first-order chi connectivity index (χ1) is 13.7. The molecule has 0 unspecified atom stereocenters. The summed E-state index contributed by atoms with van der Waals surface area (Å²) in [5, 5.41) is 1.11. The molecular formula is C23H25N3O2. The lowest BCUT2D eigenvalue weighted by molar-refractivity contribution is -0.131. The number of nitrogens with one attached hydrogen (secondary N) is 1. The number of hydrogen-bond donors (Lipinski definition) is 1. The monoisotopic (exact) mass is 375 g/mol. The van der Waals surface area contributed by atoms with E-state index in [1.165, 1.54) is 0 Å². The maximum atomic E-state index is 13.2. The van der Waals surface area contributed by atoms with Crippen LogP contribution in [-0.4, -0.2) is 46.2 Å². The molecule has 1 aliphatic rings. The highest BCUT2D eigenvalue weighted by Crippen LogP contribution is 2.41. The molecule has 28 heavy (non-hydrogen) atoms. The molecule has 1 aliphatic heterocycles. The van der Waals surface area contributed by atoms with Crippen LogP contribution >= 0.6 is 0 Å². The van der Waals surface area contributed by atoms with Gasteiger partial charge in [-0.1, -0.05) is 36.4 Å². The normalized spacial score (nSPS) is 15.9. The number of benzene rings is 2. The van der Waals surface area contributed by atoms with Gasteiger partial charge in [0.1, 0.15) is 0 Å². The Morgan fingerprint density at radius 1 is 1.04 bits per heavy atom. The minimum absolute atomic E-state index is 0.00164. The number of H-pyrrole nitrogens is 1. The standard InChI is InChI=1S/C23H25N3O2/c1-3-25(4-2)21(27)13-14-26-22(17-10-5-6-11-18(17)23(26)28)19-15-24-20-12-8-7-9-16(19)20/h5-12,15,22,24H,3-4,13-14H2,1-2H3/t22-/m0/s1. The minimum atomic E-state index is -0.177. The summed E-state index contributed by atoms with van der Waals surface area (Å²) in [6, 6.07) is 15.7. The third kappa shape index (κ3) is 2.97. The highest BCUT2D eigenvalue weighted by Gasteiger charge is 2.38. The Hall–Kier alpha value is -3.08. The van der Waals surface area contributed by atoms with Crippen molar-refractivity contribution in [2.75, 3.05) is 19.6 Å². The third-order valence-corrected chi connectivity index (χ3v) is 5.66. The van der Waals surface area contributed by atoms with Gasteiger partial charge in [-0.05, 0) is 31.5 Å². The molecule has 0 spiro atoms. The lowest BCUT2D eigenvalue weighted by Gasteiger charge is -2.26. The summed E-state index contributed by atoms with van der Waals surface area (Å²) in [6.45, 7) is 5.75. The zero-order chi connectivity index (χ0) is 19.7. The smallest absolute Gasteiger partial charge is 0.255 e. The van der Waals surface area contributed by atoms with E-state index in [0.717, 1.165) is 27.6 Å². The number of carbonyl (C=O) groups is 2. The van der Waals surface area contributed by atoms with Crippen molar-refractivity contribution in [1.29, 1.82) is 0 Å². The predicted octanol–water partition coefficient (Wildman–Crippen LogP) is 3.97. The van der Waals surface area contributed by atoms with Crippen LogP contribution < -0.4 is 0 Å². The summed E-state index contributed by atoms with van der Waals surface area (Å²) in [6.07, 6.45) is 2.32. The summed E-state index contributed by atoms with van der Waals surface area (Å²) < 4.78 is 0. The van der Waals surface area contributed by atoms with Crippen molar-refractivity contribution in [3.8, 4) is 0 Å². The fourth-order valence-corrected chi connectivity index (χ4v) is 4.21. The molecule has 5 heteroatoms. The second-order valence-corrected chi connectivity index (χ2v) is 7.09. The molecule has 5 nitrogen and oxygen atoms in total. The summed E-state index contributed by atoms with van der Waals surface area (Å²) in [4.78, 5) is 32.7. The second-order valence-electron chi connectivity index (χ2n) is 7.09. The number of hydrogen-bond acceptors (Lipinski definition) is 2. The van der Waals surface area contributed by atoms with Gasteiger partial charge in [0, 0.05) is 54.3 Å². The van der Waals surface area contributed by atoms with Crippen LogP contribution in [-0.2, 0) is 4.79 Å². The van der Waals surface area contributed by atoms with Gasteiger partial charge < -0.3 is 14.8 Å². The van der Waals surface area contributed by atoms with Crippen molar-refractivity contribution < 1.29 is 9.59 Å². The maximum absolute atomic E-state index is 13.2. The van der Waals surface area contributed by atoms with Crippen molar-refractivity contribution in [3.05, 3.63) is 71.4 Å². The van der Waals surface area contributed by atoms with Crippen LogP contribution in [0, 0.1) is 0 Å².